The summed E-state index contributed by atoms with van der Waals surface area (Å²) in [4.78, 5) is 12.2. The molecule has 1 amide bonds. The summed E-state index contributed by atoms with van der Waals surface area (Å²) in [5.41, 5.74) is 0.788. The van der Waals surface area contributed by atoms with E-state index in [1.807, 2.05) is 18.3 Å². The fraction of sp³-hybridized carbons (Fsp3) is 0.667. The van der Waals surface area contributed by atoms with Crippen molar-refractivity contribution in [3.8, 4) is 0 Å². The van der Waals surface area contributed by atoms with Crippen LogP contribution in [0, 0.1) is 5.41 Å². The minimum atomic E-state index is 0.00831. The van der Waals surface area contributed by atoms with Crippen molar-refractivity contribution in [3.63, 3.8) is 0 Å². The molecule has 1 heterocycles. The van der Waals surface area contributed by atoms with Crippen LogP contribution < -0.4 is 5.32 Å². The number of carbonyl (C=O) groups is 1. The summed E-state index contributed by atoms with van der Waals surface area (Å²) in [5.74, 6) is 0.00831. The van der Waals surface area contributed by atoms with Crippen LogP contribution in [0.5, 0.6) is 0 Å². The minimum Gasteiger partial charge on any atom is -0.396 e. The third kappa shape index (κ3) is 3.83. The lowest BCUT2D eigenvalue weighted by atomic mass is 9.88. The molecule has 0 spiro atoms. The second-order valence-corrected chi connectivity index (χ2v) is 6.21. The highest BCUT2D eigenvalue weighted by atomic mass is 16.2. The van der Waals surface area contributed by atoms with Crippen molar-refractivity contribution in [1.29, 1.82) is 0 Å². The lowest BCUT2D eigenvalue weighted by Crippen LogP contribution is -2.35. The Morgan fingerprint density at radius 3 is 2.89 bits per heavy atom. The number of nitrogens with one attached hydrogen (secondary N) is 1. The van der Waals surface area contributed by atoms with Gasteiger partial charge >= 0.3 is 0 Å². The standard InChI is InChI=1S/C15H24N2O2/c1-15(2,8-4-10-18)11-16-14(19)13-5-3-9-17(13)12-6-7-12/h3,5,9,12,18H,4,6-8,10-11H2,1-2H3,(H,16,19). The Bertz CT molecular complexity index is 433. The molecular formula is C15H24N2O2. The average Bonchev–Trinajstić information content (AvgIpc) is 3.11. The summed E-state index contributed by atoms with van der Waals surface area (Å²) in [6.45, 7) is 5.08. The van der Waals surface area contributed by atoms with Gasteiger partial charge in [0.25, 0.3) is 5.91 Å². The average molecular weight is 264 g/mol. The highest BCUT2D eigenvalue weighted by molar-refractivity contribution is 5.92. The summed E-state index contributed by atoms with van der Waals surface area (Å²) < 4.78 is 2.08. The number of amides is 1. The van der Waals surface area contributed by atoms with Gasteiger partial charge in [0.15, 0.2) is 0 Å². The van der Waals surface area contributed by atoms with E-state index in [0.29, 0.717) is 12.6 Å². The van der Waals surface area contributed by atoms with E-state index in [9.17, 15) is 4.79 Å². The molecule has 0 atom stereocenters. The predicted octanol–water partition coefficient (Wildman–Crippen LogP) is 2.35. The molecule has 1 aromatic heterocycles. The van der Waals surface area contributed by atoms with E-state index in [4.69, 9.17) is 5.11 Å². The van der Waals surface area contributed by atoms with Crippen LogP contribution in [0.25, 0.3) is 0 Å². The molecule has 4 nitrogen and oxygen atoms in total. The number of carbonyl (C=O) groups excluding carboxylic acids is 1. The zero-order valence-electron chi connectivity index (χ0n) is 11.9. The molecule has 0 saturated heterocycles. The molecule has 1 aromatic rings. The zero-order chi connectivity index (χ0) is 13.9. The Balaban J connectivity index is 1.88. The van der Waals surface area contributed by atoms with Gasteiger partial charge in [-0.15, -0.1) is 0 Å². The highest BCUT2D eigenvalue weighted by Gasteiger charge is 2.27. The Morgan fingerprint density at radius 2 is 2.26 bits per heavy atom. The van der Waals surface area contributed by atoms with Crippen LogP contribution in [0.4, 0.5) is 0 Å². The predicted molar refractivity (Wildman–Crippen MR) is 75.1 cm³/mol. The number of rotatable bonds is 7. The van der Waals surface area contributed by atoms with Crippen LogP contribution in [-0.2, 0) is 0 Å². The molecule has 106 valence electrons. The van der Waals surface area contributed by atoms with Gasteiger partial charge in [0.05, 0.1) is 0 Å². The normalized spacial score (nSPS) is 15.5. The van der Waals surface area contributed by atoms with Gasteiger partial charge in [-0.3, -0.25) is 4.79 Å². The lowest BCUT2D eigenvalue weighted by molar-refractivity contribution is 0.0923. The molecule has 0 aliphatic heterocycles. The Labute approximate surface area is 114 Å². The molecular weight excluding hydrogens is 240 g/mol. The second kappa shape index (κ2) is 5.78. The Kier molecular flexibility index (Phi) is 4.30. The molecule has 0 aromatic carbocycles. The van der Waals surface area contributed by atoms with Crippen LogP contribution >= 0.6 is 0 Å². The maximum absolute atomic E-state index is 12.2. The summed E-state index contributed by atoms with van der Waals surface area (Å²) in [6.07, 6.45) is 6.03. The quantitative estimate of drug-likeness (QED) is 0.794. The summed E-state index contributed by atoms with van der Waals surface area (Å²) in [5, 5.41) is 11.9. The van der Waals surface area contributed by atoms with Gasteiger partial charge in [-0.25, -0.2) is 0 Å². The monoisotopic (exact) mass is 264 g/mol. The molecule has 1 fully saturated rings. The van der Waals surface area contributed by atoms with Gasteiger partial charge in [-0.2, -0.15) is 0 Å². The summed E-state index contributed by atoms with van der Waals surface area (Å²) >= 11 is 0. The third-order valence-electron chi connectivity index (χ3n) is 3.69. The van der Waals surface area contributed by atoms with Crippen molar-refractivity contribution in [2.45, 2.75) is 45.6 Å². The van der Waals surface area contributed by atoms with Crippen LogP contribution in [0.1, 0.15) is 56.1 Å². The summed E-state index contributed by atoms with van der Waals surface area (Å²) in [7, 11) is 0. The fourth-order valence-corrected chi connectivity index (χ4v) is 2.31. The van der Waals surface area contributed by atoms with Gasteiger partial charge in [0.2, 0.25) is 0 Å². The van der Waals surface area contributed by atoms with Crippen molar-refractivity contribution >= 4 is 5.91 Å². The Morgan fingerprint density at radius 1 is 1.53 bits per heavy atom. The van der Waals surface area contributed by atoms with Gasteiger partial charge in [-0.05, 0) is 43.2 Å². The molecule has 1 aliphatic rings. The number of hydrogen-bond acceptors (Lipinski definition) is 2. The highest BCUT2D eigenvalue weighted by Crippen LogP contribution is 2.36. The number of nitrogens with zero attached hydrogens (tertiary/aromatic N) is 1. The topological polar surface area (TPSA) is 54.3 Å². The molecule has 1 aliphatic carbocycles. The van der Waals surface area contributed by atoms with Crippen LogP contribution in [0.15, 0.2) is 18.3 Å². The van der Waals surface area contributed by atoms with E-state index >= 15 is 0 Å². The van der Waals surface area contributed by atoms with E-state index in [-0.39, 0.29) is 17.9 Å². The molecule has 1 saturated carbocycles. The largest absolute Gasteiger partial charge is 0.396 e. The summed E-state index contributed by atoms with van der Waals surface area (Å²) in [6, 6.07) is 4.34. The lowest BCUT2D eigenvalue weighted by Gasteiger charge is -2.24. The first-order valence-electron chi connectivity index (χ1n) is 7.09. The number of aromatic nitrogens is 1. The maximum atomic E-state index is 12.2. The minimum absolute atomic E-state index is 0.00831. The number of aliphatic hydroxyl groups is 1. The van der Waals surface area contributed by atoms with Crippen molar-refractivity contribution in [1.82, 2.24) is 9.88 Å². The van der Waals surface area contributed by atoms with Gasteiger partial charge in [0, 0.05) is 25.4 Å². The molecule has 19 heavy (non-hydrogen) atoms. The van der Waals surface area contributed by atoms with Crippen molar-refractivity contribution in [2.75, 3.05) is 13.2 Å². The first-order valence-corrected chi connectivity index (χ1v) is 7.09. The van der Waals surface area contributed by atoms with Gasteiger partial charge in [-0.1, -0.05) is 13.8 Å². The van der Waals surface area contributed by atoms with Crippen molar-refractivity contribution in [3.05, 3.63) is 24.0 Å². The van der Waals surface area contributed by atoms with Crippen molar-refractivity contribution < 1.29 is 9.90 Å². The van der Waals surface area contributed by atoms with E-state index in [1.54, 1.807) is 0 Å². The number of aliphatic hydroxyl groups excluding tert-OH is 1. The zero-order valence-corrected chi connectivity index (χ0v) is 11.9. The SMILES string of the molecule is CC(C)(CCCO)CNC(=O)c1cccn1C1CC1. The fourth-order valence-electron chi connectivity index (χ4n) is 2.31. The molecule has 0 bridgehead atoms. The smallest absolute Gasteiger partial charge is 0.267 e. The van der Waals surface area contributed by atoms with E-state index < -0.39 is 0 Å². The first-order chi connectivity index (χ1) is 9.03. The second-order valence-electron chi connectivity index (χ2n) is 6.21. The van der Waals surface area contributed by atoms with Crippen molar-refractivity contribution in [2.24, 2.45) is 5.41 Å². The van der Waals surface area contributed by atoms with Crippen LogP contribution in [0.2, 0.25) is 0 Å². The number of hydrogen-bond donors (Lipinski definition) is 2. The molecule has 4 heteroatoms. The van der Waals surface area contributed by atoms with Gasteiger partial charge < -0.3 is 15.0 Å². The third-order valence-corrected chi connectivity index (χ3v) is 3.69. The Hall–Kier alpha value is -1.29. The molecule has 2 rings (SSSR count). The maximum Gasteiger partial charge on any atom is 0.267 e. The van der Waals surface area contributed by atoms with Gasteiger partial charge in [0.1, 0.15) is 5.69 Å². The van der Waals surface area contributed by atoms with E-state index in [2.05, 4.69) is 23.7 Å². The molecule has 0 unspecified atom stereocenters. The van der Waals surface area contributed by atoms with E-state index in [1.165, 1.54) is 12.8 Å². The first kappa shape index (κ1) is 14.1. The molecule has 2 N–H and O–H groups in total. The molecule has 0 radical (unpaired) electrons. The van der Waals surface area contributed by atoms with Crippen LogP contribution in [0.3, 0.4) is 0 Å². The van der Waals surface area contributed by atoms with E-state index in [0.717, 1.165) is 18.5 Å². The van der Waals surface area contributed by atoms with Crippen LogP contribution in [-0.4, -0.2) is 28.7 Å².